The third kappa shape index (κ3) is 6.40. The summed E-state index contributed by atoms with van der Waals surface area (Å²) in [4.78, 5) is 16.2. The topological polar surface area (TPSA) is 74.8 Å². The zero-order chi connectivity index (χ0) is 19.5. The average molecular weight is 364 g/mol. The number of terminal acetylenes is 1. The number of nitrogens with zero attached hydrogens (tertiary/aromatic N) is 1. The van der Waals surface area contributed by atoms with E-state index in [2.05, 4.69) is 26.9 Å². The van der Waals surface area contributed by atoms with Crippen LogP contribution in [0.5, 0.6) is 5.75 Å². The molecule has 0 spiro atoms. The van der Waals surface area contributed by atoms with E-state index in [9.17, 15) is 4.79 Å². The number of benzene rings is 2. The lowest BCUT2D eigenvalue weighted by Crippen LogP contribution is -2.42. The fraction of sp³-hybridized carbons (Fsp3) is 0.238. The minimum Gasteiger partial charge on any atom is -0.496 e. The van der Waals surface area contributed by atoms with Gasteiger partial charge in [-0.15, -0.1) is 6.42 Å². The van der Waals surface area contributed by atoms with E-state index in [1.54, 1.807) is 38.4 Å². The molecule has 27 heavy (non-hydrogen) atoms. The van der Waals surface area contributed by atoms with E-state index in [0.717, 1.165) is 23.3 Å². The second-order valence-electron chi connectivity index (χ2n) is 5.69. The van der Waals surface area contributed by atoms with Crippen molar-refractivity contribution in [2.45, 2.75) is 6.42 Å². The molecule has 0 unspecified atom stereocenters. The summed E-state index contributed by atoms with van der Waals surface area (Å²) < 4.78 is 5.34. The van der Waals surface area contributed by atoms with Crippen LogP contribution >= 0.6 is 0 Å². The highest BCUT2D eigenvalue weighted by atomic mass is 16.5. The van der Waals surface area contributed by atoms with Crippen LogP contribution in [0.15, 0.2) is 53.5 Å². The first-order valence-corrected chi connectivity index (χ1v) is 8.59. The predicted molar refractivity (Wildman–Crippen MR) is 109 cm³/mol. The summed E-state index contributed by atoms with van der Waals surface area (Å²) in [6.45, 7) is 0.750. The Bertz CT molecular complexity index is 840. The fourth-order valence-corrected chi connectivity index (χ4v) is 2.50. The highest BCUT2D eigenvalue weighted by Crippen LogP contribution is 2.17. The normalized spacial score (nSPS) is 10.6. The van der Waals surface area contributed by atoms with Crippen LogP contribution in [0.3, 0.4) is 0 Å². The summed E-state index contributed by atoms with van der Waals surface area (Å²) in [5, 5.41) is 8.97. The Kier molecular flexibility index (Phi) is 7.73. The van der Waals surface area contributed by atoms with Crippen LogP contribution in [-0.4, -0.2) is 39.1 Å². The second-order valence-corrected chi connectivity index (χ2v) is 5.69. The van der Waals surface area contributed by atoms with Crippen LogP contribution in [0.25, 0.3) is 0 Å². The lowest BCUT2D eigenvalue weighted by molar-refractivity contribution is -0.115. The van der Waals surface area contributed by atoms with Gasteiger partial charge in [0.2, 0.25) is 5.91 Å². The van der Waals surface area contributed by atoms with Gasteiger partial charge in [-0.3, -0.25) is 9.79 Å². The van der Waals surface area contributed by atoms with Gasteiger partial charge < -0.3 is 20.7 Å². The average Bonchev–Trinajstić information content (AvgIpc) is 2.71. The zero-order valence-electron chi connectivity index (χ0n) is 15.6. The Morgan fingerprint density at radius 1 is 1.19 bits per heavy atom. The molecular weight excluding hydrogens is 340 g/mol. The number of ether oxygens (including phenoxy) is 1. The van der Waals surface area contributed by atoms with Crippen molar-refractivity contribution in [2.24, 2.45) is 4.99 Å². The molecule has 0 aromatic heterocycles. The lowest BCUT2D eigenvalue weighted by Gasteiger charge is -2.13. The van der Waals surface area contributed by atoms with Crippen molar-refractivity contribution >= 4 is 17.6 Å². The first-order chi connectivity index (χ1) is 13.2. The minimum absolute atomic E-state index is 0.0919. The summed E-state index contributed by atoms with van der Waals surface area (Å²) in [5.74, 6) is 3.77. The van der Waals surface area contributed by atoms with E-state index < -0.39 is 0 Å². The number of methoxy groups -OCH3 is 1. The van der Waals surface area contributed by atoms with Crippen molar-refractivity contribution in [3.8, 4) is 18.1 Å². The first kappa shape index (κ1) is 19.9. The summed E-state index contributed by atoms with van der Waals surface area (Å²) >= 11 is 0. The molecule has 0 saturated heterocycles. The van der Waals surface area contributed by atoms with Gasteiger partial charge in [-0.25, -0.2) is 0 Å². The van der Waals surface area contributed by atoms with Crippen LogP contribution < -0.4 is 20.7 Å². The fourth-order valence-electron chi connectivity index (χ4n) is 2.50. The molecule has 0 aliphatic heterocycles. The summed E-state index contributed by atoms with van der Waals surface area (Å²) in [6, 6.07) is 15.0. The number of guanidine groups is 1. The smallest absolute Gasteiger partial charge is 0.243 e. The number of aliphatic imine (C=N–C) groups is 1. The monoisotopic (exact) mass is 364 g/mol. The number of anilines is 1. The molecule has 0 fully saturated rings. The maximum absolute atomic E-state index is 12.1. The van der Waals surface area contributed by atoms with Crippen molar-refractivity contribution in [1.82, 2.24) is 10.6 Å². The lowest BCUT2D eigenvalue weighted by atomic mass is 10.1. The first-order valence-electron chi connectivity index (χ1n) is 8.59. The number of para-hydroxylation sites is 1. The Morgan fingerprint density at radius 3 is 2.74 bits per heavy atom. The molecule has 6 nitrogen and oxygen atoms in total. The van der Waals surface area contributed by atoms with Crippen molar-refractivity contribution in [1.29, 1.82) is 0 Å². The second kappa shape index (κ2) is 10.5. The van der Waals surface area contributed by atoms with Gasteiger partial charge in [-0.1, -0.05) is 30.2 Å². The molecule has 0 saturated carbocycles. The number of hydrogen-bond acceptors (Lipinski definition) is 3. The molecule has 0 atom stereocenters. The molecule has 0 radical (unpaired) electrons. The number of hydrogen-bond donors (Lipinski definition) is 3. The molecule has 6 heteroatoms. The standard InChI is InChI=1S/C21H24N4O2/c1-4-16-8-7-10-18(14-16)25-20(26)15-24-21(22-2)23-13-12-17-9-5-6-11-19(17)27-3/h1,5-11,14H,12-13,15H2,2-3H3,(H,25,26)(H2,22,23,24). The molecule has 3 N–H and O–H groups in total. The number of rotatable bonds is 7. The van der Waals surface area contributed by atoms with E-state index in [4.69, 9.17) is 11.2 Å². The van der Waals surface area contributed by atoms with Gasteiger partial charge in [0.05, 0.1) is 13.7 Å². The van der Waals surface area contributed by atoms with Crippen molar-refractivity contribution in [3.05, 3.63) is 59.7 Å². The van der Waals surface area contributed by atoms with E-state index in [-0.39, 0.29) is 12.5 Å². The number of amides is 1. The molecule has 0 aliphatic rings. The molecule has 0 heterocycles. The van der Waals surface area contributed by atoms with Crippen LogP contribution in [0.1, 0.15) is 11.1 Å². The highest BCUT2D eigenvalue weighted by Gasteiger charge is 2.06. The van der Waals surface area contributed by atoms with Crippen molar-refractivity contribution in [3.63, 3.8) is 0 Å². The molecule has 2 rings (SSSR count). The highest BCUT2D eigenvalue weighted by molar-refractivity contribution is 5.95. The maximum atomic E-state index is 12.1. The van der Waals surface area contributed by atoms with Gasteiger partial charge >= 0.3 is 0 Å². The quantitative estimate of drug-likeness (QED) is 0.399. The minimum atomic E-state index is -0.183. The third-order valence-electron chi connectivity index (χ3n) is 3.83. The van der Waals surface area contributed by atoms with E-state index >= 15 is 0 Å². The van der Waals surface area contributed by atoms with Crippen molar-refractivity contribution < 1.29 is 9.53 Å². The van der Waals surface area contributed by atoms with Gasteiger partial charge in [-0.2, -0.15) is 0 Å². The van der Waals surface area contributed by atoms with Crippen LogP contribution in [0.2, 0.25) is 0 Å². The SMILES string of the molecule is C#Cc1cccc(NC(=O)CNC(=NC)NCCc2ccccc2OC)c1. The molecule has 0 bridgehead atoms. The number of carbonyl (C=O) groups excluding carboxylic acids is 1. The Hall–Kier alpha value is -3.46. The summed E-state index contributed by atoms with van der Waals surface area (Å²) in [7, 11) is 3.32. The Labute approximate surface area is 160 Å². The molecule has 140 valence electrons. The molecule has 2 aromatic carbocycles. The van der Waals surface area contributed by atoms with Crippen LogP contribution in [0.4, 0.5) is 5.69 Å². The Morgan fingerprint density at radius 2 is 2.00 bits per heavy atom. The van der Waals surface area contributed by atoms with E-state index in [1.165, 1.54) is 0 Å². The Balaban J connectivity index is 1.78. The largest absolute Gasteiger partial charge is 0.496 e. The zero-order valence-corrected chi connectivity index (χ0v) is 15.6. The summed E-state index contributed by atoms with van der Waals surface area (Å²) in [5.41, 5.74) is 2.49. The number of nitrogens with one attached hydrogen (secondary N) is 3. The van der Waals surface area contributed by atoms with Gasteiger partial charge in [0.25, 0.3) is 0 Å². The molecule has 1 amide bonds. The summed E-state index contributed by atoms with van der Waals surface area (Å²) in [6.07, 6.45) is 6.14. The third-order valence-corrected chi connectivity index (χ3v) is 3.83. The van der Waals surface area contributed by atoms with Crippen LogP contribution in [-0.2, 0) is 11.2 Å². The predicted octanol–water partition coefficient (Wildman–Crippen LogP) is 2.02. The van der Waals surface area contributed by atoms with Crippen LogP contribution in [0, 0.1) is 12.3 Å². The van der Waals surface area contributed by atoms with E-state index in [1.807, 2.05) is 24.3 Å². The molecule has 2 aromatic rings. The van der Waals surface area contributed by atoms with Gasteiger partial charge in [0, 0.05) is 24.8 Å². The van der Waals surface area contributed by atoms with Crippen molar-refractivity contribution in [2.75, 3.05) is 32.6 Å². The molecule has 0 aliphatic carbocycles. The molecular formula is C21H24N4O2. The maximum Gasteiger partial charge on any atom is 0.243 e. The number of carbonyl (C=O) groups is 1. The van der Waals surface area contributed by atoms with Gasteiger partial charge in [-0.05, 0) is 36.2 Å². The van der Waals surface area contributed by atoms with Gasteiger partial charge in [0.15, 0.2) is 5.96 Å². The van der Waals surface area contributed by atoms with Gasteiger partial charge in [0.1, 0.15) is 5.75 Å². The van der Waals surface area contributed by atoms with E-state index in [0.29, 0.717) is 18.2 Å².